The molecule has 0 spiro atoms. The van der Waals surface area contributed by atoms with Crippen molar-refractivity contribution in [1.82, 2.24) is 14.3 Å². The average molecular weight is 370 g/mol. The molecular weight excluding hydrogens is 352 g/mol. The monoisotopic (exact) mass is 370 g/mol. The molecule has 9 nitrogen and oxygen atoms in total. The Morgan fingerprint density at radius 1 is 1.19 bits per heavy atom. The smallest absolute Gasteiger partial charge is 0.349 e. The average Bonchev–Trinajstić information content (AvgIpc) is 3.16. The molecule has 0 unspecified atom stereocenters. The van der Waals surface area contributed by atoms with Crippen molar-refractivity contribution in [3.8, 4) is 17.3 Å². The van der Waals surface area contributed by atoms with Crippen molar-refractivity contribution >= 4 is 11.7 Å². The summed E-state index contributed by atoms with van der Waals surface area (Å²) in [5, 5.41) is 15.4. The summed E-state index contributed by atoms with van der Waals surface area (Å²) >= 11 is 0. The molecule has 0 amide bonds. The molecule has 0 aliphatic carbocycles. The molecule has 0 aliphatic rings. The first-order chi connectivity index (χ1) is 12.8. The maximum Gasteiger partial charge on any atom is 0.349 e. The second-order valence-electron chi connectivity index (χ2n) is 5.94. The van der Waals surface area contributed by atoms with Gasteiger partial charge in [0.25, 0.3) is 0 Å². The van der Waals surface area contributed by atoms with E-state index in [4.69, 9.17) is 9.47 Å². The van der Waals surface area contributed by atoms with Crippen molar-refractivity contribution in [3.63, 3.8) is 0 Å². The highest BCUT2D eigenvalue weighted by atomic mass is 16.6. The summed E-state index contributed by atoms with van der Waals surface area (Å²) in [5.74, 6) is -0.0845. The molecule has 0 saturated heterocycles. The Morgan fingerprint density at radius 3 is 2.44 bits per heavy atom. The van der Waals surface area contributed by atoms with Gasteiger partial charge in [-0.2, -0.15) is 5.10 Å². The number of nitro groups is 1. The fourth-order valence-corrected chi connectivity index (χ4v) is 2.85. The quantitative estimate of drug-likeness (QED) is 0.296. The summed E-state index contributed by atoms with van der Waals surface area (Å²) in [5.41, 5.74) is 1.67. The zero-order valence-corrected chi connectivity index (χ0v) is 15.3. The van der Waals surface area contributed by atoms with Gasteiger partial charge in [0.15, 0.2) is 0 Å². The SMILES string of the molecule is COc1ccc(OC(=O)c2cnn(C)c2-n2c(C)ccc2C)c([N+](=O)[O-])c1. The fourth-order valence-electron chi connectivity index (χ4n) is 2.85. The van der Waals surface area contributed by atoms with Gasteiger partial charge in [0, 0.05) is 18.4 Å². The third-order valence-electron chi connectivity index (χ3n) is 4.18. The van der Waals surface area contributed by atoms with Crippen LogP contribution in [0, 0.1) is 24.0 Å². The van der Waals surface area contributed by atoms with Gasteiger partial charge in [-0.25, -0.2) is 4.79 Å². The number of rotatable bonds is 5. The zero-order valence-electron chi connectivity index (χ0n) is 15.3. The third-order valence-corrected chi connectivity index (χ3v) is 4.18. The molecule has 0 aliphatic heterocycles. The first kappa shape index (κ1) is 18.2. The largest absolute Gasteiger partial charge is 0.496 e. The second kappa shape index (κ2) is 6.94. The molecule has 0 fully saturated rings. The molecule has 27 heavy (non-hydrogen) atoms. The number of aryl methyl sites for hydroxylation is 3. The molecule has 0 N–H and O–H groups in total. The highest BCUT2D eigenvalue weighted by Crippen LogP contribution is 2.32. The standard InChI is InChI=1S/C18H18N4O5/c1-11-5-6-12(2)21(11)17-14(10-19-20(17)3)18(23)27-16-8-7-13(26-4)9-15(16)22(24)25/h5-10H,1-4H3. The Morgan fingerprint density at radius 2 is 1.85 bits per heavy atom. The predicted molar refractivity (Wildman–Crippen MR) is 96.6 cm³/mol. The van der Waals surface area contributed by atoms with Crippen molar-refractivity contribution in [2.75, 3.05) is 7.11 Å². The van der Waals surface area contributed by atoms with Crippen LogP contribution in [0.15, 0.2) is 36.5 Å². The van der Waals surface area contributed by atoms with E-state index in [-0.39, 0.29) is 17.0 Å². The molecular formula is C18H18N4O5. The van der Waals surface area contributed by atoms with Gasteiger partial charge in [-0.3, -0.25) is 14.8 Å². The van der Waals surface area contributed by atoms with Crippen LogP contribution in [0.5, 0.6) is 11.5 Å². The van der Waals surface area contributed by atoms with Gasteiger partial charge in [-0.15, -0.1) is 0 Å². The van der Waals surface area contributed by atoms with E-state index in [0.717, 1.165) is 11.4 Å². The lowest BCUT2D eigenvalue weighted by molar-refractivity contribution is -0.385. The minimum Gasteiger partial charge on any atom is -0.496 e. The summed E-state index contributed by atoms with van der Waals surface area (Å²) in [6.45, 7) is 3.81. The number of aromatic nitrogens is 3. The van der Waals surface area contributed by atoms with Gasteiger partial charge < -0.3 is 14.0 Å². The molecule has 3 aromatic rings. The molecule has 3 rings (SSSR count). The van der Waals surface area contributed by atoms with Crippen LogP contribution in [0.3, 0.4) is 0 Å². The van der Waals surface area contributed by atoms with Crippen LogP contribution in [0.25, 0.3) is 5.82 Å². The van der Waals surface area contributed by atoms with E-state index in [9.17, 15) is 14.9 Å². The van der Waals surface area contributed by atoms with Gasteiger partial charge in [-0.1, -0.05) is 0 Å². The van der Waals surface area contributed by atoms with Gasteiger partial charge in [0.05, 0.1) is 24.3 Å². The van der Waals surface area contributed by atoms with Gasteiger partial charge >= 0.3 is 11.7 Å². The Balaban J connectivity index is 2.01. The van der Waals surface area contributed by atoms with Crippen molar-refractivity contribution in [3.05, 3.63) is 63.6 Å². The van der Waals surface area contributed by atoms with E-state index < -0.39 is 10.9 Å². The molecule has 1 aromatic carbocycles. The van der Waals surface area contributed by atoms with Crippen LogP contribution in [-0.4, -0.2) is 32.3 Å². The lowest BCUT2D eigenvalue weighted by Crippen LogP contribution is -2.15. The van der Waals surface area contributed by atoms with Crippen LogP contribution < -0.4 is 9.47 Å². The fraction of sp³-hybridized carbons (Fsp3) is 0.222. The van der Waals surface area contributed by atoms with Gasteiger partial charge in [0.2, 0.25) is 5.75 Å². The zero-order chi connectivity index (χ0) is 19.7. The number of hydrogen-bond donors (Lipinski definition) is 0. The van der Waals surface area contributed by atoms with Crippen LogP contribution in [0.2, 0.25) is 0 Å². The van der Waals surface area contributed by atoms with Gasteiger partial charge in [0.1, 0.15) is 17.1 Å². The molecule has 0 radical (unpaired) electrons. The highest BCUT2D eigenvalue weighted by molar-refractivity contribution is 5.94. The number of hydrogen-bond acceptors (Lipinski definition) is 6. The maximum absolute atomic E-state index is 12.8. The van der Waals surface area contributed by atoms with E-state index in [1.54, 1.807) is 11.7 Å². The lowest BCUT2D eigenvalue weighted by Gasteiger charge is -2.12. The molecule has 140 valence electrons. The Hall–Kier alpha value is -3.62. The molecule has 0 bridgehead atoms. The summed E-state index contributed by atoms with van der Waals surface area (Å²) in [4.78, 5) is 23.4. The van der Waals surface area contributed by atoms with E-state index in [0.29, 0.717) is 11.6 Å². The summed E-state index contributed by atoms with van der Waals surface area (Å²) in [6.07, 6.45) is 1.38. The lowest BCUT2D eigenvalue weighted by atomic mass is 10.2. The summed E-state index contributed by atoms with van der Waals surface area (Å²) in [7, 11) is 3.11. The normalized spacial score (nSPS) is 10.7. The number of nitrogens with zero attached hydrogens (tertiary/aromatic N) is 4. The number of benzene rings is 1. The molecule has 2 aromatic heterocycles. The van der Waals surface area contributed by atoms with Crippen LogP contribution in [-0.2, 0) is 7.05 Å². The number of nitro benzene ring substituents is 1. The molecule has 0 atom stereocenters. The summed E-state index contributed by atoms with van der Waals surface area (Å²) in [6, 6.07) is 7.86. The minimum absolute atomic E-state index is 0.165. The predicted octanol–water partition coefficient (Wildman–Crippen LogP) is 2.96. The van der Waals surface area contributed by atoms with E-state index >= 15 is 0 Å². The molecule has 0 saturated carbocycles. The summed E-state index contributed by atoms with van der Waals surface area (Å²) < 4.78 is 13.7. The minimum atomic E-state index is -0.737. The van der Waals surface area contributed by atoms with Crippen molar-refractivity contribution < 1.29 is 19.2 Å². The first-order valence-electron chi connectivity index (χ1n) is 8.05. The molecule has 2 heterocycles. The van der Waals surface area contributed by atoms with Crippen molar-refractivity contribution in [1.29, 1.82) is 0 Å². The molecule has 9 heteroatoms. The number of methoxy groups -OCH3 is 1. The van der Waals surface area contributed by atoms with Crippen LogP contribution in [0.4, 0.5) is 5.69 Å². The topological polar surface area (TPSA) is 101 Å². The van der Waals surface area contributed by atoms with Gasteiger partial charge in [-0.05, 0) is 38.1 Å². The number of esters is 1. The first-order valence-corrected chi connectivity index (χ1v) is 8.05. The Bertz CT molecular complexity index is 1020. The highest BCUT2D eigenvalue weighted by Gasteiger charge is 2.25. The third kappa shape index (κ3) is 3.26. The van der Waals surface area contributed by atoms with Crippen LogP contribution in [0.1, 0.15) is 21.7 Å². The van der Waals surface area contributed by atoms with Crippen molar-refractivity contribution in [2.24, 2.45) is 7.05 Å². The maximum atomic E-state index is 12.8. The Labute approximate surface area is 154 Å². The number of carbonyl (C=O) groups is 1. The van der Waals surface area contributed by atoms with E-state index in [2.05, 4.69) is 5.10 Å². The Kier molecular flexibility index (Phi) is 4.68. The van der Waals surface area contributed by atoms with Crippen molar-refractivity contribution in [2.45, 2.75) is 13.8 Å². The van der Waals surface area contributed by atoms with Crippen LogP contribution >= 0.6 is 0 Å². The second-order valence-corrected chi connectivity index (χ2v) is 5.94. The van der Waals surface area contributed by atoms with E-state index in [1.807, 2.05) is 30.5 Å². The number of ether oxygens (including phenoxy) is 2. The number of carbonyl (C=O) groups excluding carboxylic acids is 1. The van der Waals surface area contributed by atoms with E-state index in [1.165, 1.54) is 31.5 Å².